The number of amides is 1. The molecule has 0 aliphatic heterocycles. The highest BCUT2D eigenvalue weighted by Gasteiger charge is 2.38. The summed E-state index contributed by atoms with van der Waals surface area (Å²) >= 11 is 0. The average molecular weight is 330 g/mol. The molecule has 0 saturated heterocycles. The molecular formula is C18H22N2O4. The molecule has 6 nitrogen and oxygen atoms in total. The lowest BCUT2D eigenvalue weighted by Crippen LogP contribution is -2.51. The first kappa shape index (κ1) is 17.8. The Morgan fingerprint density at radius 3 is 2.67 bits per heavy atom. The molecule has 24 heavy (non-hydrogen) atoms. The van der Waals surface area contributed by atoms with E-state index in [1.54, 1.807) is 26.1 Å². The number of rotatable bonds is 5. The topological polar surface area (TPSA) is 83.5 Å². The first-order valence-electron chi connectivity index (χ1n) is 8.06. The Bertz CT molecular complexity index is 663. The third kappa shape index (κ3) is 4.25. The number of hydrogen-bond acceptors (Lipinski definition) is 5. The molecule has 1 aromatic rings. The van der Waals surface area contributed by atoms with Crippen molar-refractivity contribution in [1.82, 2.24) is 4.90 Å². The monoisotopic (exact) mass is 330 g/mol. The van der Waals surface area contributed by atoms with Crippen molar-refractivity contribution in [2.75, 3.05) is 13.7 Å². The van der Waals surface area contributed by atoms with E-state index in [9.17, 15) is 14.9 Å². The van der Waals surface area contributed by atoms with Gasteiger partial charge in [0.15, 0.2) is 6.61 Å². The predicted molar refractivity (Wildman–Crippen MR) is 87.6 cm³/mol. The van der Waals surface area contributed by atoms with E-state index in [4.69, 9.17) is 9.15 Å². The Morgan fingerprint density at radius 1 is 1.38 bits per heavy atom. The van der Waals surface area contributed by atoms with Gasteiger partial charge in [-0.3, -0.25) is 4.79 Å². The Kier molecular flexibility index (Phi) is 5.80. The van der Waals surface area contributed by atoms with Gasteiger partial charge in [0.1, 0.15) is 17.1 Å². The highest BCUT2D eigenvalue weighted by molar-refractivity contribution is 5.89. The van der Waals surface area contributed by atoms with Gasteiger partial charge in [0.25, 0.3) is 5.91 Å². The molecule has 128 valence electrons. The SMILES string of the molecule is Cc1ccc(C=CC(=O)OCC(=O)N(C)C2(C#N)CCCCC2)o1. The van der Waals surface area contributed by atoms with Crippen LogP contribution in [-0.2, 0) is 14.3 Å². The summed E-state index contributed by atoms with van der Waals surface area (Å²) in [7, 11) is 1.60. The van der Waals surface area contributed by atoms with Crippen LogP contribution in [0.25, 0.3) is 6.08 Å². The highest BCUT2D eigenvalue weighted by atomic mass is 16.5. The molecule has 1 aliphatic carbocycles. The Hall–Kier alpha value is -2.55. The van der Waals surface area contributed by atoms with Crippen molar-refractivity contribution in [1.29, 1.82) is 5.26 Å². The fourth-order valence-corrected chi connectivity index (χ4v) is 2.87. The number of nitriles is 1. The van der Waals surface area contributed by atoms with Gasteiger partial charge in [-0.05, 0) is 38.0 Å². The first-order chi connectivity index (χ1) is 11.5. The molecule has 1 saturated carbocycles. The Balaban J connectivity index is 1.86. The zero-order valence-electron chi connectivity index (χ0n) is 14.1. The van der Waals surface area contributed by atoms with E-state index in [-0.39, 0.29) is 12.5 Å². The van der Waals surface area contributed by atoms with Crippen LogP contribution in [0.2, 0.25) is 0 Å². The largest absolute Gasteiger partial charge is 0.462 e. The van der Waals surface area contributed by atoms with E-state index < -0.39 is 11.5 Å². The van der Waals surface area contributed by atoms with Crippen LogP contribution in [-0.4, -0.2) is 36.0 Å². The second kappa shape index (κ2) is 7.82. The van der Waals surface area contributed by atoms with Crippen LogP contribution in [0.3, 0.4) is 0 Å². The standard InChI is InChI=1S/C18H22N2O4/c1-14-6-7-15(24-14)8-9-17(22)23-12-16(21)20(2)18(13-19)10-4-3-5-11-18/h6-9H,3-5,10-12H2,1-2H3. The van der Waals surface area contributed by atoms with E-state index in [0.717, 1.165) is 25.0 Å². The minimum Gasteiger partial charge on any atom is -0.462 e. The molecule has 0 N–H and O–H groups in total. The molecule has 1 fully saturated rings. The number of esters is 1. The Labute approximate surface area is 141 Å². The van der Waals surface area contributed by atoms with E-state index >= 15 is 0 Å². The normalized spacial score (nSPS) is 16.5. The van der Waals surface area contributed by atoms with Crippen LogP contribution in [0.5, 0.6) is 0 Å². The van der Waals surface area contributed by atoms with Crippen molar-refractivity contribution in [2.24, 2.45) is 0 Å². The van der Waals surface area contributed by atoms with Crippen molar-refractivity contribution >= 4 is 18.0 Å². The van der Waals surface area contributed by atoms with E-state index in [2.05, 4.69) is 6.07 Å². The molecule has 0 spiro atoms. The second-order valence-electron chi connectivity index (χ2n) is 6.05. The number of carbonyl (C=O) groups excluding carboxylic acids is 2. The fourth-order valence-electron chi connectivity index (χ4n) is 2.87. The van der Waals surface area contributed by atoms with Gasteiger partial charge in [-0.1, -0.05) is 19.3 Å². The number of carbonyl (C=O) groups is 2. The first-order valence-corrected chi connectivity index (χ1v) is 8.06. The molecule has 1 aromatic heterocycles. The molecule has 2 rings (SSSR count). The number of likely N-dealkylation sites (N-methyl/N-ethyl adjacent to an activating group) is 1. The molecule has 0 unspecified atom stereocenters. The van der Waals surface area contributed by atoms with Crippen LogP contribution >= 0.6 is 0 Å². The van der Waals surface area contributed by atoms with Crippen LogP contribution in [0.4, 0.5) is 0 Å². The maximum absolute atomic E-state index is 12.2. The van der Waals surface area contributed by atoms with E-state index in [1.165, 1.54) is 17.1 Å². The summed E-state index contributed by atoms with van der Waals surface area (Å²) in [6, 6.07) is 5.79. The molecule has 0 atom stereocenters. The fraction of sp³-hybridized carbons (Fsp3) is 0.500. The summed E-state index contributed by atoms with van der Waals surface area (Å²) < 4.78 is 10.3. The average Bonchev–Trinajstić information content (AvgIpc) is 3.03. The number of ether oxygens (including phenoxy) is 1. The molecule has 1 amide bonds. The van der Waals surface area contributed by atoms with Gasteiger partial charge in [-0.15, -0.1) is 0 Å². The molecule has 0 radical (unpaired) electrons. The van der Waals surface area contributed by atoms with Gasteiger partial charge in [-0.25, -0.2) is 4.79 Å². The zero-order chi connectivity index (χ0) is 17.6. The van der Waals surface area contributed by atoms with Crippen molar-refractivity contribution in [2.45, 2.75) is 44.6 Å². The zero-order valence-corrected chi connectivity index (χ0v) is 14.1. The molecular weight excluding hydrogens is 308 g/mol. The van der Waals surface area contributed by atoms with Crippen molar-refractivity contribution in [3.8, 4) is 6.07 Å². The number of nitrogens with zero attached hydrogens (tertiary/aromatic N) is 2. The maximum Gasteiger partial charge on any atom is 0.331 e. The lowest BCUT2D eigenvalue weighted by Gasteiger charge is -2.38. The minimum atomic E-state index is -0.775. The maximum atomic E-state index is 12.2. The molecule has 1 heterocycles. The molecule has 6 heteroatoms. The summed E-state index contributed by atoms with van der Waals surface area (Å²) in [6.45, 7) is 1.43. The third-order valence-corrected chi connectivity index (χ3v) is 4.39. The Morgan fingerprint density at radius 2 is 2.08 bits per heavy atom. The van der Waals surface area contributed by atoms with E-state index in [0.29, 0.717) is 18.6 Å². The lowest BCUT2D eigenvalue weighted by molar-refractivity contribution is -0.150. The smallest absolute Gasteiger partial charge is 0.331 e. The van der Waals surface area contributed by atoms with Gasteiger partial charge < -0.3 is 14.1 Å². The number of aryl methyl sites for hydroxylation is 1. The lowest BCUT2D eigenvalue weighted by atomic mass is 9.81. The van der Waals surface area contributed by atoms with E-state index in [1.807, 2.05) is 0 Å². The molecule has 0 aromatic carbocycles. The number of hydrogen-bond donors (Lipinski definition) is 0. The quantitative estimate of drug-likeness (QED) is 0.612. The summed E-state index contributed by atoms with van der Waals surface area (Å²) in [6.07, 6.45) is 6.96. The van der Waals surface area contributed by atoms with Gasteiger partial charge in [0, 0.05) is 13.1 Å². The van der Waals surface area contributed by atoms with Crippen LogP contribution in [0, 0.1) is 18.3 Å². The second-order valence-corrected chi connectivity index (χ2v) is 6.05. The summed E-state index contributed by atoms with van der Waals surface area (Å²) in [4.78, 5) is 25.4. The third-order valence-electron chi connectivity index (χ3n) is 4.39. The summed E-state index contributed by atoms with van der Waals surface area (Å²) in [5.74, 6) is 0.294. The van der Waals surface area contributed by atoms with Crippen molar-refractivity contribution in [3.63, 3.8) is 0 Å². The van der Waals surface area contributed by atoms with Gasteiger partial charge in [0.2, 0.25) is 0 Å². The molecule has 1 aliphatic rings. The molecule has 0 bridgehead atoms. The predicted octanol–water partition coefficient (Wildman–Crippen LogP) is 2.83. The highest BCUT2D eigenvalue weighted by Crippen LogP contribution is 2.32. The van der Waals surface area contributed by atoms with Crippen LogP contribution in [0.1, 0.15) is 43.6 Å². The van der Waals surface area contributed by atoms with Gasteiger partial charge in [-0.2, -0.15) is 5.26 Å². The van der Waals surface area contributed by atoms with Crippen molar-refractivity contribution < 1.29 is 18.7 Å². The van der Waals surface area contributed by atoms with Gasteiger partial charge in [0.05, 0.1) is 6.07 Å². The van der Waals surface area contributed by atoms with Crippen LogP contribution in [0.15, 0.2) is 22.6 Å². The van der Waals surface area contributed by atoms with Crippen molar-refractivity contribution in [3.05, 3.63) is 29.7 Å². The van der Waals surface area contributed by atoms with Gasteiger partial charge >= 0.3 is 5.97 Å². The number of furan rings is 1. The van der Waals surface area contributed by atoms with Crippen LogP contribution < -0.4 is 0 Å². The minimum absolute atomic E-state index is 0.367. The summed E-state index contributed by atoms with van der Waals surface area (Å²) in [5, 5.41) is 9.48. The summed E-state index contributed by atoms with van der Waals surface area (Å²) in [5.41, 5.74) is -0.775.